The molecule has 0 aliphatic heterocycles. The third-order valence-corrected chi connectivity index (χ3v) is 6.62. The minimum atomic E-state index is -4.76. The second kappa shape index (κ2) is 7.22. The third-order valence-electron chi connectivity index (χ3n) is 6.62. The zero-order valence-corrected chi connectivity index (χ0v) is 16.2. The summed E-state index contributed by atoms with van der Waals surface area (Å²) in [6.07, 6.45) is 1.68. The lowest BCUT2D eigenvalue weighted by atomic mass is 9.49. The lowest BCUT2D eigenvalue weighted by Gasteiger charge is -2.55. The van der Waals surface area contributed by atoms with E-state index in [0.717, 1.165) is 31.4 Å². The molecule has 5 rings (SSSR count). The number of amides is 2. The number of carbonyl (C=O) groups is 2. The molecule has 0 aromatic heterocycles. The Morgan fingerprint density at radius 1 is 1.03 bits per heavy atom. The van der Waals surface area contributed by atoms with Gasteiger partial charge in [-0.2, -0.15) is 0 Å². The highest BCUT2D eigenvalue weighted by atomic mass is 19.4. The van der Waals surface area contributed by atoms with Gasteiger partial charge in [-0.3, -0.25) is 9.59 Å². The molecule has 4 aliphatic carbocycles. The number of rotatable bonds is 5. The third kappa shape index (κ3) is 4.36. The summed E-state index contributed by atoms with van der Waals surface area (Å²) in [5, 5.41) is 5.50. The molecular formula is C21H25F3N2O3. The monoisotopic (exact) mass is 410 g/mol. The molecule has 5 nitrogen and oxygen atoms in total. The van der Waals surface area contributed by atoms with Crippen LogP contribution in [0.5, 0.6) is 5.75 Å². The average Bonchev–Trinajstić information content (AvgIpc) is 2.61. The van der Waals surface area contributed by atoms with Gasteiger partial charge in [0.15, 0.2) is 0 Å². The van der Waals surface area contributed by atoms with Crippen molar-refractivity contribution in [2.75, 3.05) is 5.32 Å². The van der Waals surface area contributed by atoms with Crippen LogP contribution < -0.4 is 15.4 Å². The van der Waals surface area contributed by atoms with E-state index in [1.54, 1.807) is 6.92 Å². The minimum absolute atomic E-state index is 0.0341. The molecule has 2 amide bonds. The van der Waals surface area contributed by atoms with Crippen LogP contribution in [0.2, 0.25) is 0 Å². The zero-order chi connectivity index (χ0) is 20.8. The molecule has 158 valence electrons. The van der Waals surface area contributed by atoms with Crippen LogP contribution in [0.15, 0.2) is 24.3 Å². The van der Waals surface area contributed by atoms with Gasteiger partial charge in [0.1, 0.15) is 11.8 Å². The van der Waals surface area contributed by atoms with E-state index in [4.69, 9.17) is 0 Å². The molecule has 1 aromatic carbocycles. The lowest BCUT2D eigenvalue weighted by Crippen LogP contribution is -2.56. The Hall–Kier alpha value is -2.25. The van der Waals surface area contributed by atoms with Gasteiger partial charge < -0.3 is 15.4 Å². The predicted molar refractivity (Wildman–Crippen MR) is 100.0 cm³/mol. The van der Waals surface area contributed by atoms with Gasteiger partial charge in [-0.15, -0.1) is 13.2 Å². The van der Waals surface area contributed by atoms with E-state index in [9.17, 15) is 22.8 Å². The Bertz CT molecular complexity index is 756. The van der Waals surface area contributed by atoms with Gasteiger partial charge >= 0.3 is 6.36 Å². The number of anilines is 1. The van der Waals surface area contributed by atoms with E-state index in [1.165, 1.54) is 31.4 Å². The van der Waals surface area contributed by atoms with E-state index < -0.39 is 18.3 Å². The van der Waals surface area contributed by atoms with Crippen molar-refractivity contribution >= 4 is 17.5 Å². The normalized spacial score (nSPS) is 31.2. The number of halogens is 3. The Balaban J connectivity index is 1.33. The molecule has 2 N–H and O–H groups in total. The summed E-state index contributed by atoms with van der Waals surface area (Å²) in [7, 11) is 0. The number of hydrogen-bond acceptors (Lipinski definition) is 3. The first-order chi connectivity index (χ1) is 13.6. The Morgan fingerprint density at radius 2 is 1.55 bits per heavy atom. The minimum Gasteiger partial charge on any atom is -0.406 e. The number of nitrogens with one attached hydrogen (secondary N) is 2. The van der Waals surface area contributed by atoms with Gasteiger partial charge in [0, 0.05) is 11.1 Å². The van der Waals surface area contributed by atoms with Crippen LogP contribution in [-0.4, -0.2) is 24.2 Å². The fourth-order valence-electron chi connectivity index (χ4n) is 5.79. The molecule has 1 atom stereocenters. The first-order valence-corrected chi connectivity index (χ1v) is 10.1. The van der Waals surface area contributed by atoms with Crippen molar-refractivity contribution in [2.24, 2.45) is 23.2 Å². The number of hydrogen-bond donors (Lipinski definition) is 2. The van der Waals surface area contributed by atoms with Gasteiger partial charge in [0.2, 0.25) is 11.8 Å². The van der Waals surface area contributed by atoms with E-state index >= 15 is 0 Å². The molecule has 0 heterocycles. The summed E-state index contributed by atoms with van der Waals surface area (Å²) in [6, 6.07) is 4.17. The molecule has 0 spiro atoms. The number of carbonyl (C=O) groups excluding carboxylic acids is 2. The summed E-state index contributed by atoms with van der Waals surface area (Å²) in [6.45, 7) is 1.62. The molecule has 0 radical (unpaired) electrons. The van der Waals surface area contributed by atoms with Crippen LogP contribution in [0, 0.1) is 23.2 Å². The maximum Gasteiger partial charge on any atom is 0.573 e. The predicted octanol–water partition coefficient (Wildman–Crippen LogP) is 4.24. The largest absolute Gasteiger partial charge is 0.573 e. The second-order valence-electron chi connectivity index (χ2n) is 8.95. The number of benzene rings is 1. The Kier molecular flexibility index (Phi) is 4.99. The lowest BCUT2D eigenvalue weighted by molar-refractivity contribution is -0.274. The fourth-order valence-corrected chi connectivity index (χ4v) is 5.79. The Morgan fingerprint density at radius 3 is 2.03 bits per heavy atom. The van der Waals surface area contributed by atoms with Crippen molar-refractivity contribution in [3.63, 3.8) is 0 Å². The molecule has 4 bridgehead atoms. The molecule has 29 heavy (non-hydrogen) atoms. The van der Waals surface area contributed by atoms with Crippen LogP contribution in [0.3, 0.4) is 0 Å². The van der Waals surface area contributed by atoms with Crippen LogP contribution >= 0.6 is 0 Å². The molecule has 4 fully saturated rings. The average molecular weight is 410 g/mol. The van der Waals surface area contributed by atoms with E-state index in [2.05, 4.69) is 15.4 Å². The van der Waals surface area contributed by atoms with Gasteiger partial charge in [-0.1, -0.05) is 0 Å². The maximum atomic E-state index is 13.0. The zero-order valence-electron chi connectivity index (χ0n) is 16.2. The van der Waals surface area contributed by atoms with Crippen molar-refractivity contribution < 1.29 is 27.5 Å². The van der Waals surface area contributed by atoms with E-state index in [0.29, 0.717) is 23.4 Å². The van der Waals surface area contributed by atoms with Crippen molar-refractivity contribution in [1.29, 1.82) is 0 Å². The van der Waals surface area contributed by atoms with Crippen LogP contribution in [-0.2, 0) is 9.59 Å². The summed E-state index contributed by atoms with van der Waals surface area (Å²) in [5.41, 5.74) is 0.000269. The smallest absolute Gasteiger partial charge is 0.406 e. The molecule has 0 saturated heterocycles. The quantitative estimate of drug-likeness (QED) is 0.763. The molecule has 4 saturated carbocycles. The summed E-state index contributed by atoms with van der Waals surface area (Å²) >= 11 is 0. The van der Waals surface area contributed by atoms with Gasteiger partial charge in [-0.05, 0) is 87.5 Å². The van der Waals surface area contributed by atoms with E-state index in [1.807, 2.05) is 0 Å². The molecular weight excluding hydrogens is 385 g/mol. The first-order valence-electron chi connectivity index (χ1n) is 10.1. The SMILES string of the molecule is C[C@H](NC(=O)C12CC3CC(CC(C3)C1)C2)C(=O)Nc1ccc(OC(F)(F)F)cc1. The standard InChI is InChI=1S/C21H25F3N2O3/c1-12(18(27)26-16-2-4-17(5-3-16)29-21(22,23)24)25-19(28)20-9-13-6-14(10-20)8-15(7-13)11-20/h2-5,12-15H,6-11H2,1H3,(H,25,28)(H,26,27)/t12-,13?,14?,15?,20?/m0/s1. The Labute approximate surface area is 167 Å². The van der Waals surface area contributed by atoms with Crippen molar-refractivity contribution in [3.8, 4) is 5.75 Å². The highest BCUT2D eigenvalue weighted by Gasteiger charge is 2.54. The topological polar surface area (TPSA) is 67.4 Å². The van der Waals surface area contributed by atoms with Crippen molar-refractivity contribution in [3.05, 3.63) is 24.3 Å². The molecule has 1 aromatic rings. The fraction of sp³-hybridized carbons (Fsp3) is 0.619. The van der Waals surface area contributed by atoms with E-state index in [-0.39, 0.29) is 17.1 Å². The molecule has 8 heteroatoms. The molecule has 4 aliphatic rings. The van der Waals surface area contributed by atoms with Crippen molar-refractivity contribution in [1.82, 2.24) is 5.32 Å². The van der Waals surface area contributed by atoms with Crippen molar-refractivity contribution in [2.45, 2.75) is 57.9 Å². The van der Waals surface area contributed by atoms with Gasteiger partial charge in [-0.25, -0.2) is 0 Å². The number of alkyl halides is 3. The van der Waals surface area contributed by atoms with Crippen LogP contribution in [0.25, 0.3) is 0 Å². The highest BCUT2D eigenvalue weighted by molar-refractivity contribution is 5.97. The number of ether oxygens (including phenoxy) is 1. The van der Waals surface area contributed by atoms with Gasteiger partial charge in [0.05, 0.1) is 0 Å². The highest BCUT2D eigenvalue weighted by Crippen LogP contribution is 2.60. The van der Waals surface area contributed by atoms with Gasteiger partial charge in [0.25, 0.3) is 0 Å². The summed E-state index contributed by atoms with van der Waals surface area (Å²) in [5.74, 6) is 1.09. The molecule has 0 unspecified atom stereocenters. The summed E-state index contributed by atoms with van der Waals surface area (Å²) in [4.78, 5) is 25.5. The summed E-state index contributed by atoms with van der Waals surface area (Å²) < 4.78 is 40.5. The van der Waals surface area contributed by atoms with Crippen LogP contribution in [0.4, 0.5) is 18.9 Å². The second-order valence-corrected chi connectivity index (χ2v) is 8.95. The van der Waals surface area contributed by atoms with Crippen LogP contribution in [0.1, 0.15) is 45.4 Å². The first kappa shape index (κ1) is 20.0. The maximum absolute atomic E-state index is 13.0.